The molecule has 94 valence electrons. The summed E-state index contributed by atoms with van der Waals surface area (Å²) in [6.07, 6.45) is 11.1. The third kappa shape index (κ3) is 2.98. The summed E-state index contributed by atoms with van der Waals surface area (Å²) in [4.78, 5) is 0. The lowest BCUT2D eigenvalue weighted by Gasteiger charge is -2.34. The van der Waals surface area contributed by atoms with E-state index in [1.54, 1.807) is 0 Å². The fraction of sp³-hybridized carbons (Fsp3) is 1.00. The number of nitrogens with one attached hydrogen (secondary N) is 1. The second kappa shape index (κ2) is 5.50. The zero-order valence-electron chi connectivity index (χ0n) is 10.7. The highest BCUT2D eigenvalue weighted by molar-refractivity contribution is 4.89. The van der Waals surface area contributed by atoms with Gasteiger partial charge in [0.15, 0.2) is 0 Å². The van der Waals surface area contributed by atoms with Crippen LogP contribution in [0.25, 0.3) is 0 Å². The Balaban J connectivity index is 1.77. The average Bonchev–Trinajstić information content (AvgIpc) is 2.75. The fourth-order valence-electron chi connectivity index (χ4n) is 3.50. The van der Waals surface area contributed by atoms with Gasteiger partial charge in [-0.25, -0.2) is 0 Å². The SMILES string of the molecule is CCC1CCCC1NCC1(O)CCCCC1. The molecule has 2 unspecified atom stereocenters. The minimum Gasteiger partial charge on any atom is -0.389 e. The average molecular weight is 225 g/mol. The smallest absolute Gasteiger partial charge is 0.0771 e. The van der Waals surface area contributed by atoms with Crippen molar-refractivity contribution in [2.45, 2.75) is 76.4 Å². The first-order valence-electron chi connectivity index (χ1n) is 7.19. The fourth-order valence-corrected chi connectivity index (χ4v) is 3.50. The molecule has 0 aromatic rings. The quantitative estimate of drug-likeness (QED) is 0.771. The van der Waals surface area contributed by atoms with Crippen molar-refractivity contribution >= 4 is 0 Å². The Morgan fingerprint density at radius 2 is 1.88 bits per heavy atom. The molecule has 0 spiro atoms. The van der Waals surface area contributed by atoms with Crippen LogP contribution in [-0.2, 0) is 0 Å². The van der Waals surface area contributed by atoms with Crippen molar-refractivity contribution in [3.05, 3.63) is 0 Å². The zero-order valence-corrected chi connectivity index (χ0v) is 10.7. The summed E-state index contributed by atoms with van der Waals surface area (Å²) in [6, 6.07) is 0.677. The summed E-state index contributed by atoms with van der Waals surface area (Å²) >= 11 is 0. The standard InChI is InChI=1S/C14H27NO/c1-2-12-7-6-8-13(12)15-11-14(16)9-4-3-5-10-14/h12-13,15-16H,2-11H2,1H3. The van der Waals surface area contributed by atoms with Gasteiger partial charge in [0.1, 0.15) is 0 Å². The maximum Gasteiger partial charge on any atom is 0.0771 e. The van der Waals surface area contributed by atoms with Gasteiger partial charge in [0.05, 0.1) is 5.60 Å². The largest absolute Gasteiger partial charge is 0.389 e. The van der Waals surface area contributed by atoms with E-state index in [4.69, 9.17) is 0 Å². The second-order valence-corrected chi connectivity index (χ2v) is 5.87. The van der Waals surface area contributed by atoms with E-state index in [-0.39, 0.29) is 5.60 Å². The summed E-state index contributed by atoms with van der Waals surface area (Å²) in [5, 5.41) is 14.1. The predicted molar refractivity (Wildman–Crippen MR) is 67.5 cm³/mol. The van der Waals surface area contributed by atoms with E-state index in [1.165, 1.54) is 44.9 Å². The lowest BCUT2D eigenvalue weighted by Crippen LogP contribution is -2.46. The van der Waals surface area contributed by atoms with Crippen LogP contribution < -0.4 is 5.32 Å². The van der Waals surface area contributed by atoms with Gasteiger partial charge in [-0.3, -0.25) is 0 Å². The maximum absolute atomic E-state index is 10.4. The number of hydrogen-bond donors (Lipinski definition) is 2. The zero-order chi connectivity index (χ0) is 11.4. The van der Waals surface area contributed by atoms with Crippen molar-refractivity contribution in [1.82, 2.24) is 5.32 Å². The lowest BCUT2D eigenvalue weighted by atomic mass is 9.84. The number of hydrogen-bond acceptors (Lipinski definition) is 2. The van der Waals surface area contributed by atoms with Crippen molar-refractivity contribution in [2.24, 2.45) is 5.92 Å². The van der Waals surface area contributed by atoms with Gasteiger partial charge in [0.2, 0.25) is 0 Å². The molecule has 0 aliphatic heterocycles. The van der Waals surface area contributed by atoms with Crippen LogP contribution in [0.3, 0.4) is 0 Å². The Morgan fingerprint density at radius 3 is 2.56 bits per heavy atom. The Hall–Kier alpha value is -0.0800. The van der Waals surface area contributed by atoms with Gasteiger partial charge in [0, 0.05) is 12.6 Å². The summed E-state index contributed by atoms with van der Waals surface area (Å²) in [7, 11) is 0. The van der Waals surface area contributed by atoms with E-state index in [9.17, 15) is 5.11 Å². The first-order valence-corrected chi connectivity index (χ1v) is 7.19. The van der Waals surface area contributed by atoms with Crippen LogP contribution in [0.5, 0.6) is 0 Å². The van der Waals surface area contributed by atoms with Crippen molar-refractivity contribution in [1.29, 1.82) is 0 Å². The Kier molecular flexibility index (Phi) is 4.26. The molecule has 0 heterocycles. The van der Waals surface area contributed by atoms with Crippen LogP contribution in [0.15, 0.2) is 0 Å². The minimum absolute atomic E-state index is 0.390. The first kappa shape index (κ1) is 12.4. The van der Waals surface area contributed by atoms with Gasteiger partial charge in [-0.2, -0.15) is 0 Å². The molecule has 2 aliphatic rings. The molecular formula is C14H27NO. The number of aliphatic hydroxyl groups is 1. The molecule has 2 heteroatoms. The van der Waals surface area contributed by atoms with Gasteiger partial charge >= 0.3 is 0 Å². The van der Waals surface area contributed by atoms with Crippen LogP contribution in [0, 0.1) is 5.92 Å². The van der Waals surface area contributed by atoms with Gasteiger partial charge in [0.25, 0.3) is 0 Å². The van der Waals surface area contributed by atoms with Crippen molar-refractivity contribution in [3.8, 4) is 0 Å². The Morgan fingerprint density at radius 1 is 1.12 bits per heavy atom. The van der Waals surface area contributed by atoms with Crippen molar-refractivity contribution in [3.63, 3.8) is 0 Å². The summed E-state index contributed by atoms with van der Waals surface area (Å²) in [5.74, 6) is 0.854. The highest BCUT2D eigenvalue weighted by Gasteiger charge is 2.32. The van der Waals surface area contributed by atoms with Crippen molar-refractivity contribution < 1.29 is 5.11 Å². The minimum atomic E-state index is -0.390. The molecule has 16 heavy (non-hydrogen) atoms. The molecule has 0 aromatic carbocycles. The van der Waals surface area contributed by atoms with E-state index in [0.29, 0.717) is 6.04 Å². The van der Waals surface area contributed by atoms with Crippen LogP contribution in [-0.4, -0.2) is 23.3 Å². The molecule has 0 saturated heterocycles. The van der Waals surface area contributed by atoms with E-state index >= 15 is 0 Å². The summed E-state index contributed by atoms with van der Waals surface area (Å²) in [6.45, 7) is 3.12. The van der Waals surface area contributed by atoms with Gasteiger partial charge in [-0.05, 0) is 31.6 Å². The summed E-state index contributed by atoms with van der Waals surface area (Å²) < 4.78 is 0. The first-order chi connectivity index (χ1) is 7.73. The highest BCUT2D eigenvalue weighted by atomic mass is 16.3. The third-order valence-corrected chi connectivity index (χ3v) is 4.66. The molecule has 2 saturated carbocycles. The Bertz CT molecular complexity index is 211. The van der Waals surface area contributed by atoms with Gasteiger partial charge in [-0.1, -0.05) is 39.0 Å². The molecule has 0 radical (unpaired) electrons. The second-order valence-electron chi connectivity index (χ2n) is 5.87. The molecule has 0 amide bonds. The molecule has 2 nitrogen and oxygen atoms in total. The van der Waals surface area contributed by atoms with E-state index < -0.39 is 0 Å². The lowest BCUT2D eigenvalue weighted by molar-refractivity contribution is 0.00162. The molecule has 0 bridgehead atoms. The molecular weight excluding hydrogens is 198 g/mol. The molecule has 2 atom stereocenters. The normalized spacial score (nSPS) is 34.1. The van der Waals surface area contributed by atoms with E-state index in [0.717, 1.165) is 25.3 Å². The van der Waals surface area contributed by atoms with Crippen molar-refractivity contribution in [2.75, 3.05) is 6.54 Å². The summed E-state index contributed by atoms with van der Waals surface area (Å²) in [5.41, 5.74) is -0.390. The maximum atomic E-state index is 10.4. The van der Waals surface area contributed by atoms with Crippen LogP contribution in [0.4, 0.5) is 0 Å². The van der Waals surface area contributed by atoms with Gasteiger partial charge < -0.3 is 10.4 Å². The monoisotopic (exact) mass is 225 g/mol. The molecule has 0 aromatic heterocycles. The highest BCUT2D eigenvalue weighted by Crippen LogP contribution is 2.31. The topological polar surface area (TPSA) is 32.3 Å². The molecule has 2 N–H and O–H groups in total. The number of rotatable bonds is 4. The predicted octanol–water partition coefficient (Wildman–Crippen LogP) is 2.85. The van der Waals surface area contributed by atoms with Crippen LogP contribution in [0.2, 0.25) is 0 Å². The van der Waals surface area contributed by atoms with Crippen LogP contribution >= 0.6 is 0 Å². The van der Waals surface area contributed by atoms with E-state index in [2.05, 4.69) is 12.2 Å². The van der Waals surface area contributed by atoms with Gasteiger partial charge in [-0.15, -0.1) is 0 Å². The van der Waals surface area contributed by atoms with E-state index in [1.807, 2.05) is 0 Å². The molecule has 2 aliphatic carbocycles. The molecule has 2 rings (SSSR count). The Labute approximate surface area is 99.8 Å². The van der Waals surface area contributed by atoms with Crippen LogP contribution in [0.1, 0.15) is 64.7 Å². The third-order valence-electron chi connectivity index (χ3n) is 4.66. The molecule has 2 fully saturated rings.